The molecule has 2 aliphatic rings. The van der Waals surface area contributed by atoms with Crippen molar-refractivity contribution in [3.8, 4) is 0 Å². The first-order valence-electron chi connectivity index (χ1n) is 4.78. The molecule has 0 saturated heterocycles. The van der Waals surface area contributed by atoms with Gasteiger partial charge in [0.1, 0.15) is 0 Å². The van der Waals surface area contributed by atoms with E-state index < -0.39 is 25.7 Å². The third-order valence-electron chi connectivity index (χ3n) is 3.33. The van der Waals surface area contributed by atoms with E-state index >= 15 is 0 Å². The van der Waals surface area contributed by atoms with Gasteiger partial charge in [-0.2, -0.15) is 9.36 Å². The van der Waals surface area contributed by atoms with Crippen molar-refractivity contribution in [2.45, 2.75) is 14.3 Å². The van der Waals surface area contributed by atoms with Crippen molar-refractivity contribution in [3.63, 3.8) is 0 Å². The van der Waals surface area contributed by atoms with Gasteiger partial charge >= 0.3 is 11.4 Å². The highest BCUT2D eigenvalue weighted by Crippen LogP contribution is 2.71. The normalized spacial score (nSPS) is 35.1. The molecular formula is C8H3Cl6N3O2. The van der Waals surface area contributed by atoms with E-state index in [9.17, 15) is 9.59 Å². The zero-order valence-electron chi connectivity index (χ0n) is 8.93. The van der Waals surface area contributed by atoms with E-state index in [1.807, 2.05) is 0 Å². The van der Waals surface area contributed by atoms with Crippen molar-refractivity contribution < 1.29 is 0 Å². The van der Waals surface area contributed by atoms with E-state index in [4.69, 9.17) is 69.6 Å². The Hall–Kier alpha value is 0.220. The lowest BCUT2D eigenvalue weighted by molar-refractivity contribution is 0.447. The van der Waals surface area contributed by atoms with Gasteiger partial charge in [0.15, 0.2) is 0 Å². The van der Waals surface area contributed by atoms with Crippen molar-refractivity contribution in [2.24, 2.45) is 7.05 Å². The predicted octanol–water partition coefficient (Wildman–Crippen LogP) is 2.02. The molecule has 104 valence electrons. The number of halogens is 6. The topological polar surface area (TPSA) is 48.9 Å². The Balaban J connectivity index is 2.62. The van der Waals surface area contributed by atoms with Gasteiger partial charge in [0, 0.05) is 7.05 Å². The van der Waals surface area contributed by atoms with Crippen LogP contribution in [0.1, 0.15) is 0 Å². The highest BCUT2D eigenvalue weighted by atomic mass is 35.5. The van der Waals surface area contributed by atoms with Gasteiger partial charge in [-0.15, -0.1) is 0 Å². The molecule has 1 aliphatic heterocycles. The quantitative estimate of drug-likeness (QED) is 0.641. The molecule has 0 amide bonds. The lowest BCUT2D eigenvalue weighted by atomic mass is 10.2. The molecule has 3 rings (SSSR count). The largest absolute Gasteiger partial charge is 0.349 e. The molecule has 2 bridgehead atoms. The zero-order chi connectivity index (χ0) is 14.5. The zero-order valence-corrected chi connectivity index (χ0v) is 13.5. The maximum atomic E-state index is 12.1. The summed E-state index contributed by atoms with van der Waals surface area (Å²) in [5, 5.41) is -0.382. The first-order chi connectivity index (χ1) is 8.54. The molecule has 2 atom stereocenters. The second kappa shape index (κ2) is 3.51. The van der Waals surface area contributed by atoms with Gasteiger partial charge in [0.2, 0.25) is 14.3 Å². The van der Waals surface area contributed by atoms with E-state index in [0.717, 1.165) is 13.9 Å². The first-order valence-corrected chi connectivity index (χ1v) is 7.05. The Bertz CT molecular complexity index is 713. The van der Waals surface area contributed by atoms with Crippen LogP contribution in [-0.2, 0) is 17.0 Å². The molecule has 19 heavy (non-hydrogen) atoms. The number of aromatic nitrogens is 3. The van der Waals surface area contributed by atoms with Crippen LogP contribution < -0.4 is 11.4 Å². The minimum Gasteiger partial charge on any atom is -0.246 e. The van der Waals surface area contributed by atoms with Crippen LogP contribution in [-0.4, -0.2) is 18.3 Å². The molecule has 0 saturated carbocycles. The molecule has 0 spiro atoms. The van der Waals surface area contributed by atoms with Gasteiger partial charge in [0.05, 0.1) is 10.1 Å². The van der Waals surface area contributed by atoms with Crippen molar-refractivity contribution in [1.29, 1.82) is 0 Å². The molecular weight excluding hydrogens is 383 g/mol. The number of alkyl halides is 4. The van der Waals surface area contributed by atoms with Crippen LogP contribution in [0.5, 0.6) is 0 Å². The maximum absolute atomic E-state index is 12.1. The van der Waals surface area contributed by atoms with Crippen LogP contribution in [0.15, 0.2) is 19.7 Å². The lowest BCUT2D eigenvalue weighted by Crippen LogP contribution is -2.47. The van der Waals surface area contributed by atoms with E-state index in [1.165, 1.54) is 7.05 Å². The summed E-state index contributed by atoms with van der Waals surface area (Å²) in [7, 11) is 1.26. The summed E-state index contributed by atoms with van der Waals surface area (Å²) in [6.45, 7) is 0. The molecule has 11 heteroatoms. The maximum Gasteiger partial charge on any atom is 0.349 e. The fourth-order valence-corrected chi connectivity index (χ4v) is 4.83. The molecule has 5 nitrogen and oxygen atoms in total. The highest BCUT2D eigenvalue weighted by Gasteiger charge is 2.79. The molecule has 1 aromatic heterocycles. The third-order valence-corrected chi connectivity index (χ3v) is 7.29. The van der Waals surface area contributed by atoms with Crippen LogP contribution >= 0.6 is 69.6 Å². The van der Waals surface area contributed by atoms with Crippen LogP contribution in [0.2, 0.25) is 0 Å². The van der Waals surface area contributed by atoms with Crippen LogP contribution in [0.3, 0.4) is 0 Å². The van der Waals surface area contributed by atoms with E-state index in [2.05, 4.69) is 0 Å². The average Bonchev–Trinajstić information content (AvgIpc) is 2.69. The molecule has 1 aliphatic carbocycles. The molecule has 0 aromatic carbocycles. The van der Waals surface area contributed by atoms with Crippen molar-refractivity contribution in [1.82, 2.24) is 13.9 Å². The Morgan fingerprint density at radius 2 is 1.16 bits per heavy atom. The second-order valence-corrected chi connectivity index (χ2v) is 7.37. The summed E-state index contributed by atoms with van der Waals surface area (Å²) in [6, 6.07) is 0. The van der Waals surface area contributed by atoms with E-state index in [1.54, 1.807) is 0 Å². The Morgan fingerprint density at radius 1 is 0.842 bits per heavy atom. The van der Waals surface area contributed by atoms with Crippen molar-refractivity contribution >= 4 is 69.6 Å². The number of nitrogens with zero attached hydrogens (tertiary/aromatic N) is 3. The van der Waals surface area contributed by atoms with E-state index in [0.29, 0.717) is 0 Å². The number of allylic oxidation sites excluding steroid dienone is 2. The standard InChI is InChI=1S/C8H3Cl6N3O2/c1-15-4(18)16-6(11)2(9)3(10)7(12,8(6,13)14)17(16)5(15)19/h1H3/t6-,7-/m1/s1. The summed E-state index contributed by atoms with van der Waals surface area (Å²) in [5.41, 5.74) is -1.51. The highest BCUT2D eigenvalue weighted by molar-refractivity contribution is 6.63. The Labute approximate surface area is 135 Å². The minimum atomic E-state index is -2.00. The molecule has 0 fully saturated rings. The van der Waals surface area contributed by atoms with Gasteiger partial charge < -0.3 is 0 Å². The van der Waals surface area contributed by atoms with E-state index in [-0.39, 0.29) is 10.1 Å². The summed E-state index contributed by atoms with van der Waals surface area (Å²) < 4.78 is 0.441. The monoisotopic (exact) mass is 383 g/mol. The molecule has 0 N–H and O–H groups in total. The fourth-order valence-electron chi connectivity index (χ4n) is 2.31. The third kappa shape index (κ3) is 1.09. The van der Waals surface area contributed by atoms with Crippen molar-refractivity contribution in [2.75, 3.05) is 0 Å². The second-order valence-electron chi connectivity index (χ2n) is 4.19. The number of fused-ring (bicyclic) bond motifs is 5. The SMILES string of the molecule is Cn1c(=O)n2n(c1=O)[C@]1(Cl)C(Cl)=C(Cl)[C@]2(Cl)C1(Cl)Cl. The summed E-state index contributed by atoms with van der Waals surface area (Å²) >= 11 is 37.0. The molecule has 0 radical (unpaired) electrons. The molecule has 2 heterocycles. The van der Waals surface area contributed by atoms with Crippen LogP contribution in [0.4, 0.5) is 0 Å². The van der Waals surface area contributed by atoms with Gasteiger partial charge in [-0.05, 0) is 0 Å². The number of rotatable bonds is 0. The number of hydrogen-bond donors (Lipinski definition) is 0. The Morgan fingerprint density at radius 3 is 1.47 bits per heavy atom. The molecule has 0 unspecified atom stereocenters. The van der Waals surface area contributed by atoms with Crippen LogP contribution in [0.25, 0.3) is 0 Å². The van der Waals surface area contributed by atoms with Crippen LogP contribution in [0, 0.1) is 0 Å². The van der Waals surface area contributed by atoms with Crippen molar-refractivity contribution in [3.05, 3.63) is 31.0 Å². The van der Waals surface area contributed by atoms with Gasteiger partial charge in [-0.3, -0.25) is 0 Å². The predicted molar refractivity (Wildman–Crippen MR) is 74.8 cm³/mol. The first kappa shape index (κ1) is 14.2. The fraction of sp³-hybridized carbons (Fsp3) is 0.500. The molecule has 1 aromatic rings. The summed E-state index contributed by atoms with van der Waals surface area (Å²) in [5.74, 6) is 0. The van der Waals surface area contributed by atoms with Gasteiger partial charge in [-0.1, -0.05) is 69.6 Å². The smallest absolute Gasteiger partial charge is 0.246 e. The Kier molecular flexibility index (Phi) is 2.62. The average molecular weight is 386 g/mol. The summed E-state index contributed by atoms with van der Waals surface area (Å²) in [4.78, 5) is 20.3. The number of hydrogen-bond acceptors (Lipinski definition) is 2. The minimum absolute atomic E-state index is 0.191. The lowest BCUT2D eigenvalue weighted by Gasteiger charge is -2.29. The summed E-state index contributed by atoms with van der Waals surface area (Å²) in [6.07, 6.45) is 0. The van der Waals surface area contributed by atoms with Gasteiger partial charge in [0.25, 0.3) is 0 Å². The van der Waals surface area contributed by atoms with Gasteiger partial charge in [-0.25, -0.2) is 14.2 Å².